The molecule has 84 valence electrons. The summed E-state index contributed by atoms with van der Waals surface area (Å²) in [5, 5.41) is 12.0. The molecule has 0 amide bonds. The van der Waals surface area contributed by atoms with E-state index >= 15 is 0 Å². The lowest BCUT2D eigenvalue weighted by Crippen LogP contribution is -1.90. The van der Waals surface area contributed by atoms with E-state index in [4.69, 9.17) is 11.6 Å². The van der Waals surface area contributed by atoms with Gasteiger partial charge in [0.05, 0.1) is 22.4 Å². The maximum atomic E-state index is 6.09. The molecule has 3 nitrogen and oxygen atoms in total. The van der Waals surface area contributed by atoms with E-state index in [0.717, 1.165) is 22.3 Å². The average molecular weight is 244 g/mol. The van der Waals surface area contributed by atoms with Gasteiger partial charge in [0, 0.05) is 11.1 Å². The number of halogens is 1. The van der Waals surface area contributed by atoms with Gasteiger partial charge in [-0.05, 0) is 30.3 Å². The summed E-state index contributed by atoms with van der Waals surface area (Å²) in [6.45, 7) is 0. The lowest BCUT2D eigenvalue weighted by molar-refractivity contribution is 1.12. The zero-order valence-electron chi connectivity index (χ0n) is 8.94. The molecule has 4 heteroatoms. The third-order valence-electron chi connectivity index (χ3n) is 2.59. The Hall–Kier alpha value is -2.00. The molecule has 0 fully saturated rings. The van der Waals surface area contributed by atoms with Crippen molar-refractivity contribution in [2.24, 2.45) is 0 Å². The minimum atomic E-state index is 0.706. The number of fused-ring (bicyclic) bond motifs is 1. The van der Waals surface area contributed by atoms with E-state index in [9.17, 15) is 0 Å². The Kier molecular flexibility index (Phi) is 2.46. The minimum Gasteiger partial charge on any atom is -0.354 e. The van der Waals surface area contributed by atoms with Gasteiger partial charge in [-0.1, -0.05) is 23.7 Å². The summed E-state index contributed by atoms with van der Waals surface area (Å²) in [6, 6.07) is 13.7. The van der Waals surface area contributed by atoms with Crippen molar-refractivity contribution in [2.75, 3.05) is 5.32 Å². The Bertz CT molecular complexity index is 660. The number of H-pyrrole nitrogens is 1. The molecular formula is C13H10ClN3. The van der Waals surface area contributed by atoms with E-state index < -0.39 is 0 Å². The van der Waals surface area contributed by atoms with Gasteiger partial charge in [0.15, 0.2) is 0 Å². The molecule has 0 aliphatic carbocycles. The van der Waals surface area contributed by atoms with E-state index in [1.807, 2.05) is 42.5 Å². The highest BCUT2D eigenvalue weighted by Gasteiger charge is 2.01. The summed E-state index contributed by atoms with van der Waals surface area (Å²) in [4.78, 5) is 0. The van der Waals surface area contributed by atoms with E-state index in [-0.39, 0.29) is 0 Å². The van der Waals surface area contributed by atoms with E-state index in [2.05, 4.69) is 15.5 Å². The molecule has 17 heavy (non-hydrogen) atoms. The fourth-order valence-corrected chi connectivity index (χ4v) is 1.92. The molecule has 0 aliphatic rings. The highest BCUT2D eigenvalue weighted by Crippen LogP contribution is 2.26. The number of aromatic amines is 1. The molecule has 0 radical (unpaired) electrons. The highest BCUT2D eigenvalue weighted by molar-refractivity contribution is 6.33. The van der Waals surface area contributed by atoms with Gasteiger partial charge in [0.2, 0.25) is 0 Å². The third-order valence-corrected chi connectivity index (χ3v) is 2.92. The molecule has 0 saturated heterocycles. The fraction of sp³-hybridized carbons (Fsp3) is 0. The largest absolute Gasteiger partial charge is 0.354 e. The maximum absolute atomic E-state index is 6.09. The Morgan fingerprint density at radius 1 is 1.12 bits per heavy atom. The lowest BCUT2D eigenvalue weighted by atomic mass is 10.2. The second-order valence-electron chi connectivity index (χ2n) is 3.78. The first-order valence-electron chi connectivity index (χ1n) is 5.27. The number of nitrogens with one attached hydrogen (secondary N) is 2. The van der Waals surface area contributed by atoms with Crippen molar-refractivity contribution in [2.45, 2.75) is 0 Å². The highest BCUT2D eigenvalue weighted by atomic mass is 35.5. The molecule has 0 spiro atoms. The second-order valence-corrected chi connectivity index (χ2v) is 4.18. The molecule has 1 heterocycles. The van der Waals surface area contributed by atoms with Crippen LogP contribution in [0.25, 0.3) is 10.9 Å². The number of hydrogen-bond acceptors (Lipinski definition) is 2. The first-order chi connectivity index (χ1) is 8.33. The molecule has 0 aliphatic heterocycles. The van der Waals surface area contributed by atoms with Crippen molar-refractivity contribution in [1.29, 1.82) is 0 Å². The summed E-state index contributed by atoms with van der Waals surface area (Å²) in [5.41, 5.74) is 2.88. The van der Waals surface area contributed by atoms with Gasteiger partial charge in [-0.25, -0.2) is 0 Å². The first kappa shape index (κ1) is 10.2. The zero-order chi connectivity index (χ0) is 11.7. The van der Waals surface area contributed by atoms with Gasteiger partial charge < -0.3 is 5.32 Å². The van der Waals surface area contributed by atoms with Gasteiger partial charge in [0.1, 0.15) is 0 Å². The normalized spacial score (nSPS) is 10.6. The van der Waals surface area contributed by atoms with Crippen LogP contribution < -0.4 is 5.32 Å². The van der Waals surface area contributed by atoms with Crippen LogP contribution in [0.4, 0.5) is 11.4 Å². The van der Waals surface area contributed by atoms with Crippen molar-refractivity contribution in [3.63, 3.8) is 0 Å². The van der Waals surface area contributed by atoms with Crippen molar-refractivity contribution in [1.82, 2.24) is 10.2 Å². The SMILES string of the molecule is Clc1ccccc1Nc1ccc2cn[nH]c2c1. The standard InChI is InChI=1S/C13H10ClN3/c14-11-3-1-2-4-12(11)16-10-6-5-9-8-15-17-13(9)7-10/h1-8,16H,(H,15,17). The van der Waals surface area contributed by atoms with E-state index in [1.165, 1.54) is 0 Å². The monoisotopic (exact) mass is 243 g/mol. The third kappa shape index (κ3) is 1.97. The summed E-state index contributed by atoms with van der Waals surface area (Å²) in [5.74, 6) is 0. The number of nitrogens with zero attached hydrogens (tertiary/aromatic N) is 1. The maximum Gasteiger partial charge on any atom is 0.0670 e. The van der Waals surface area contributed by atoms with Gasteiger partial charge >= 0.3 is 0 Å². The topological polar surface area (TPSA) is 40.7 Å². The van der Waals surface area contributed by atoms with Crippen molar-refractivity contribution < 1.29 is 0 Å². The van der Waals surface area contributed by atoms with Crippen molar-refractivity contribution >= 4 is 33.9 Å². The molecule has 1 aromatic heterocycles. The second kappa shape index (κ2) is 4.11. The number of hydrogen-bond donors (Lipinski definition) is 2. The van der Waals surface area contributed by atoms with Crippen molar-refractivity contribution in [3.8, 4) is 0 Å². The number of para-hydroxylation sites is 1. The number of rotatable bonds is 2. The van der Waals surface area contributed by atoms with Crippen LogP contribution in [0, 0.1) is 0 Å². The molecule has 2 N–H and O–H groups in total. The predicted molar refractivity (Wildman–Crippen MR) is 70.8 cm³/mol. The Morgan fingerprint density at radius 2 is 2.00 bits per heavy atom. The van der Waals surface area contributed by atoms with E-state index in [1.54, 1.807) is 6.20 Å². The predicted octanol–water partition coefficient (Wildman–Crippen LogP) is 3.96. The molecule has 0 saturated carbocycles. The van der Waals surface area contributed by atoms with Gasteiger partial charge in [0.25, 0.3) is 0 Å². The molecule has 0 atom stereocenters. The van der Waals surface area contributed by atoms with Crippen LogP contribution >= 0.6 is 11.6 Å². The van der Waals surface area contributed by atoms with Crippen molar-refractivity contribution in [3.05, 3.63) is 53.7 Å². The summed E-state index contributed by atoms with van der Waals surface area (Å²) >= 11 is 6.09. The number of benzene rings is 2. The number of aromatic nitrogens is 2. The first-order valence-corrected chi connectivity index (χ1v) is 5.65. The van der Waals surface area contributed by atoms with Crippen LogP contribution in [0.3, 0.4) is 0 Å². The fourth-order valence-electron chi connectivity index (χ4n) is 1.73. The Morgan fingerprint density at radius 3 is 2.88 bits per heavy atom. The number of anilines is 2. The lowest BCUT2D eigenvalue weighted by Gasteiger charge is -2.07. The van der Waals surface area contributed by atoms with Crippen LogP contribution in [0.2, 0.25) is 5.02 Å². The van der Waals surface area contributed by atoms with Gasteiger partial charge in [-0.15, -0.1) is 0 Å². The molecule has 0 unspecified atom stereocenters. The minimum absolute atomic E-state index is 0.706. The molecular weight excluding hydrogens is 234 g/mol. The summed E-state index contributed by atoms with van der Waals surface area (Å²) in [6.07, 6.45) is 1.80. The summed E-state index contributed by atoms with van der Waals surface area (Å²) < 4.78 is 0. The van der Waals surface area contributed by atoms with Crippen LogP contribution in [-0.4, -0.2) is 10.2 Å². The average Bonchev–Trinajstić information content (AvgIpc) is 2.79. The van der Waals surface area contributed by atoms with Crippen LogP contribution in [0.5, 0.6) is 0 Å². The van der Waals surface area contributed by atoms with E-state index in [0.29, 0.717) is 5.02 Å². The smallest absolute Gasteiger partial charge is 0.0670 e. The summed E-state index contributed by atoms with van der Waals surface area (Å²) in [7, 11) is 0. The molecule has 3 rings (SSSR count). The molecule has 0 bridgehead atoms. The zero-order valence-corrected chi connectivity index (χ0v) is 9.70. The van der Waals surface area contributed by atoms with Gasteiger partial charge in [-0.2, -0.15) is 5.10 Å². The molecule has 2 aromatic carbocycles. The van der Waals surface area contributed by atoms with Crippen LogP contribution in [0.15, 0.2) is 48.7 Å². The Labute approximate surface area is 103 Å². The Balaban J connectivity index is 1.97. The van der Waals surface area contributed by atoms with Crippen LogP contribution in [-0.2, 0) is 0 Å². The van der Waals surface area contributed by atoms with Gasteiger partial charge in [-0.3, -0.25) is 5.10 Å². The quantitative estimate of drug-likeness (QED) is 0.715. The van der Waals surface area contributed by atoms with Crippen LogP contribution in [0.1, 0.15) is 0 Å². The molecule has 3 aromatic rings.